The summed E-state index contributed by atoms with van der Waals surface area (Å²) >= 11 is 0. The zero-order valence-corrected chi connectivity index (χ0v) is 13.0. The van der Waals surface area contributed by atoms with Gasteiger partial charge in [-0.15, -0.1) is 0 Å². The zero-order valence-electron chi connectivity index (χ0n) is 13.0. The van der Waals surface area contributed by atoms with E-state index in [9.17, 15) is 4.39 Å². The molecule has 2 aromatic rings. The highest BCUT2D eigenvalue weighted by Crippen LogP contribution is 2.30. The van der Waals surface area contributed by atoms with Crippen molar-refractivity contribution in [3.63, 3.8) is 0 Å². The van der Waals surface area contributed by atoms with Crippen LogP contribution in [0.2, 0.25) is 0 Å². The number of benzene rings is 1. The summed E-state index contributed by atoms with van der Waals surface area (Å²) < 4.78 is 25.3. The molecule has 0 radical (unpaired) electrons. The predicted octanol–water partition coefficient (Wildman–Crippen LogP) is 3.44. The van der Waals surface area contributed by atoms with Gasteiger partial charge in [0.1, 0.15) is 5.82 Å². The van der Waals surface area contributed by atoms with E-state index in [1.807, 2.05) is 25.1 Å². The van der Waals surface area contributed by atoms with E-state index >= 15 is 0 Å². The highest BCUT2D eigenvalue weighted by atomic mass is 19.1. The minimum Gasteiger partial charge on any atom is -0.440 e. The molecular weight excluding hydrogens is 283 g/mol. The van der Waals surface area contributed by atoms with Gasteiger partial charge in [0.15, 0.2) is 11.7 Å². The SMILES string of the molecule is CN(C)Cc1ccc(-c2cnc(C3CCOCC3)o2)cc1F. The van der Waals surface area contributed by atoms with Crippen molar-refractivity contribution < 1.29 is 13.5 Å². The summed E-state index contributed by atoms with van der Waals surface area (Å²) in [6.07, 6.45) is 3.54. The number of oxazole rings is 1. The Morgan fingerprint density at radius 3 is 2.73 bits per heavy atom. The molecule has 0 bridgehead atoms. The Morgan fingerprint density at radius 1 is 1.27 bits per heavy atom. The van der Waals surface area contributed by atoms with Crippen LogP contribution in [0.4, 0.5) is 4.39 Å². The Morgan fingerprint density at radius 2 is 2.05 bits per heavy atom. The molecule has 1 aromatic heterocycles. The molecule has 4 nitrogen and oxygen atoms in total. The van der Waals surface area contributed by atoms with Crippen molar-refractivity contribution in [1.82, 2.24) is 9.88 Å². The van der Waals surface area contributed by atoms with Crippen LogP contribution in [0.25, 0.3) is 11.3 Å². The zero-order chi connectivity index (χ0) is 15.5. The fraction of sp³-hybridized carbons (Fsp3) is 0.471. The second kappa shape index (κ2) is 6.58. The smallest absolute Gasteiger partial charge is 0.198 e. The summed E-state index contributed by atoms with van der Waals surface area (Å²) in [5.41, 5.74) is 1.41. The largest absolute Gasteiger partial charge is 0.440 e. The standard InChI is InChI=1S/C17H21FN2O2/c1-20(2)11-14-4-3-13(9-15(14)18)16-10-19-17(22-16)12-5-7-21-8-6-12/h3-4,9-10,12H,5-8,11H2,1-2H3. The van der Waals surface area contributed by atoms with E-state index in [1.54, 1.807) is 12.3 Å². The fourth-order valence-electron chi connectivity index (χ4n) is 2.72. The second-order valence-electron chi connectivity index (χ2n) is 5.99. The molecule has 1 aliphatic rings. The van der Waals surface area contributed by atoms with Crippen LogP contribution in [0.15, 0.2) is 28.8 Å². The lowest BCUT2D eigenvalue weighted by molar-refractivity contribution is 0.0796. The summed E-state index contributed by atoms with van der Waals surface area (Å²) in [4.78, 5) is 6.30. The van der Waals surface area contributed by atoms with Crippen molar-refractivity contribution in [3.05, 3.63) is 41.7 Å². The molecule has 0 saturated carbocycles. The van der Waals surface area contributed by atoms with Crippen LogP contribution < -0.4 is 0 Å². The van der Waals surface area contributed by atoms with E-state index in [1.165, 1.54) is 6.07 Å². The Kier molecular flexibility index (Phi) is 4.55. The van der Waals surface area contributed by atoms with Crippen molar-refractivity contribution in [2.45, 2.75) is 25.3 Å². The van der Waals surface area contributed by atoms with E-state index in [0.717, 1.165) is 37.5 Å². The van der Waals surface area contributed by atoms with Crippen LogP contribution in [-0.2, 0) is 11.3 Å². The molecule has 0 spiro atoms. The van der Waals surface area contributed by atoms with E-state index in [-0.39, 0.29) is 5.82 Å². The number of rotatable bonds is 4. The molecule has 2 heterocycles. The first-order valence-electron chi connectivity index (χ1n) is 7.60. The van der Waals surface area contributed by atoms with Gasteiger partial charge in [-0.2, -0.15) is 0 Å². The molecule has 0 aliphatic carbocycles. The highest BCUT2D eigenvalue weighted by molar-refractivity contribution is 5.57. The third-order valence-corrected chi connectivity index (χ3v) is 3.92. The van der Waals surface area contributed by atoms with E-state index in [0.29, 0.717) is 23.8 Å². The lowest BCUT2D eigenvalue weighted by atomic mass is 10.0. The maximum absolute atomic E-state index is 14.2. The third kappa shape index (κ3) is 3.36. The van der Waals surface area contributed by atoms with Gasteiger partial charge in [0.2, 0.25) is 0 Å². The van der Waals surface area contributed by atoms with Crippen LogP contribution in [0, 0.1) is 5.82 Å². The normalized spacial score (nSPS) is 16.4. The molecule has 22 heavy (non-hydrogen) atoms. The third-order valence-electron chi connectivity index (χ3n) is 3.92. The summed E-state index contributed by atoms with van der Waals surface area (Å²) in [5.74, 6) is 1.45. The lowest BCUT2D eigenvalue weighted by Gasteiger charge is -2.18. The van der Waals surface area contributed by atoms with Gasteiger partial charge >= 0.3 is 0 Å². The van der Waals surface area contributed by atoms with Crippen molar-refractivity contribution in [3.8, 4) is 11.3 Å². The average Bonchev–Trinajstić information content (AvgIpc) is 3.00. The topological polar surface area (TPSA) is 38.5 Å². The van der Waals surface area contributed by atoms with Gasteiger partial charge < -0.3 is 14.1 Å². The molecule has 0 atom stereocenters. The van der Waals surface area contributed by atoms with Gasteiger partial charge in [-0.25, -0.2) is 9.37 Å². The minimum atomic E-state index is -0.213. The van der Waals surface area contributed by atoms with Gasteiger partial charge in [0, 0.05) is 36.8 Å². The quantitative estimate of drug-likeness (QED) is 0.867. The van der Waals surface area contributed by atoms with E-state index in [2.05, 4.69) is 4.98 Å². The van der Waals surface area contributed by atoms with E-state index in [4.69, 9.17) is 9.15 Å². The van der Waals surface area contributed by atoms with Gasteiger partial charge in [-0.3, -0.25) is 0 Å². The molecule has 0 N–H and O–H groups in total. The summed E-state index contributed by atoms with van der Waals surface area (Å²) in [5, 5.41) is 0. The molecule has 0 amide bonds. The van der Waals surface area contributed by atoms with Gasteiger partial charge in [-0.05, 0) is 33.0 Å². The first-order chi connectivity index (χ1) is 10.6. The lowest BCUT2D eigenvalue weighted by Crippen LogP contribution is -2.14. The number of hydrogen-bond acceptors (Lipinski definition) is 4. The average molecular weight is 304 g/mol. The van der Waals surface area contributed by atoms with Crippen LogP contribution >= 0.6 is 0 Å². The summed E-state index contributed by atoms with van der Waals surface area (Å²) in [6, 6.07) is 5.21. The maximum Gasteiger partial charge on any atom is 0.198 e. The van der Waals surface area contributed by atoms with Gasteiger partial charge in [0.25, 0.3) is 0 Å². The van der Waals surface area contributed by atoms with Crippen LogP contribution in [-0.4, -0.2) is 37.2 Å². The maximum atomic E-state index is 14.2. The molecular formula is C17H21FN2O2. The van der Waals surface area contributed by atoms with Crippen LogP contribution in [0.5, 0.6) is 0 Å². The highest BCUT2D eigenvalue weighted by Gasteiger charge is 2.21. The minimum absolute atomic E-state index is 0.213. The molecule has 1 saturated heterocycles. The van der Waals surface area contributed by atoms with Crippen LogP contribution in [0.1, 0.15) is 30.2 Å². The number of hydrogen-bond donors (Lipinski definition) is 0. The molecule has 1 aliphatic heterocycles. The molecule has 5 heteroatoms. The van der Waals surface area contributed by atoms with Crippen molar-refractivity contribution in [2.24, 2.45) is 0 Å². The Labute approximate surface area is 129 Å². The molecule has 118 valence electrons. The molecule has 1 aromatic carbocycles. The first-order valence-corrected chi connectivity index (χ1v) is 7.60. The van der Waals surface area contributed by atoms with Gasteiger partial charge in [-0.1, -0.05) is 12.1 Å². The monoisotopic (exact) mass is 304 g/mol. The van der Waals surface area contributed by atoms with Crippen molar-refractivity contribution in [1.29, 1.82) is 0 Å². The Bertz CT molecular complexity index is 633. The van der Waals surface area contributed by atoms with E-state index < -0.39 is 0 Å². The first kappa shape index (κ1) is 15.2. The molecule has 0 unspecified atom stereocenters. The van der Waals surface area contributed by atoms with Crippen molar-refractivity contribution in [2.75, 3.05) is 27.3 Å². The Balaban J connectivity index is 1.79. The summed E-state index contributed by atoms with van der Waals surface area (Å²) in [6.45, 7) is 2.07. The second-order valence-corrected chi connectivity index (χ2v) is 5.99. The predicted molar refractivity (Wildman–Crippen MR) is 82.1 cm³/mol. The number of halogens is 1. The Hall–Kier alpha value is -1.72. The summed E-state index contributed by atoms with van der Waals surface area (Å²) in [7, 11) is 3.84. The number of ether oxygens (including phenoxy) is 1. The van der Waals surface area contributed by atoms with Crippen LogP contribution in [0.3, 0.4) is 0 Å². The number of aromatic nitrogens is 1. The molecule has 1 fully saturated rings. The van der Waals surface area contributed by atoms with Crippen molar-refractivity contribution >= 4 is 0 Å². The van der Waals surface area contributed by atoms with Gasteiger partial charge in [0.05, 0.1) is 6.20 Å². The fourth-order valence-corrected chi connectivity index (χ4v) is 2.72. The molecule has 3 rings (SSSR count). The number of nitrogens with zero attached hydrogens (tertiary/aromatic N) is 2.